The number of carbonyl (C=O) groups is 3. The van der Waals surface area contributed by atoms with Gasteiger partial charge in [-0.25, -0.2) is 4.39 Å². The quantitative estimate of drug-likeness (QED) is 0.589. The van der Waals surface area contributed by atoms with Gasteiger partial charge < -0.3 is 20.7 Å². The van der Waals surface area contributed by atoms with Crippen molar-refractivity contribution < 1.29 is 23.5 Å². The number of carbonyl (C=O) groups excluding carboxylic acids is 3. The molecular weight excluding hydrogens is 343 g/mol. The molecule has 0 unspecified atom stereocenters. The Kier molecular flexibility index (Phi) is 5.48. The minimum absolute atomic E-state index is 0.0486. The molecule has 1 aliphatic carbocycles. The number of benzene rings is 1. The monoisotopic (exact) mass is 364 g/mol. The van der Waals surface area contributed by atoms with Crippen molar-refractivity contribution in [3.63, 3.8) is 0 Å². The molecule has 0 radical (unpaired) electrons. The fourth-order valence-electron chi connectivity index (χ4n) is 2.70. The molecular formula is C17H21FN4O4. The van der Waals surface area contributed by atoms with E-state index in [-0.39, 0.29) is 18.2 Å². The highest BCUT2D eigenvalue weighted by atomic mass is 19.1. The van der Waals surface area contributed by atoms with Crippen LogP contribution in [0.25, 0.3) is 0 Å². The summed E-state index contributed by atoms with van der Waals surface area (Å²) in [6.45, 7) is 1.17. The molecule has 140 valence electrons. The number of ether oxygens (including phenoxy) is 1. The lowest BCUT2D eigenvalue weighted by Crippen LogP contribution is -2.50. The van der Waals surface area contributed by atoms with Crippen molar-refractivity contribution in [2.24, 2.45) is 11.7 Å². The maximum atomic E-state index is 14.4. The molecule has 0 spiro atoms. The van der Waals surface area contributed by atoms with Gasteiger partial charge in [-0.05, 0) is 43.5 Å². The predicted octanol–water partition coefficient (Wildman–Crippen LogP) is -0.0191. The fraction of sp³-hybridized carbons (Fsp3) is 0.471. The van der Waals surface area contributed by atoms with Crippen LogP contribution in [0.2, 0.25) is 0 Å². The number of primary amides is 1. The first-order valence-electron chi connectivity index (χ1n) is 8.47. The lowest BCUT2D eigenvalue weighted by molar-refractivity contribution is -0.128. The average Bonchev–Trinajstić information content (AvgIpc) is 3.41. The normalized spacial score (nSPS) is 18.5. The van der Waals surface area contributed by atoms with Gasteiger partial charge in [0.2, 0.25) is 5.91 Å². The number of nitrogens with one attached hydrogen (secondary N) is 2. The summed E-state index contributed by atoms with van der Waals surface area (Å²) in [5.74, 6) is -2.05. The average molecular weight is 364 g/mol. The van der Waals surface area contributed by atoms with Gasteiger partial charge in [0.1, 0.15) is 12.4 Å². The van der Waals surface area contributed by atoms with E-state index in [0.29, 0.717) is 31.3 Å². The first-order valence-corrected chi connectivity index (χ1v) is 8.47. The summed E-state index contributed by atoms with van der Waals surface area (Å²) in [4.78, 5) is 37.0. The van der Waals surface area contributed by atoms with Crippen molar-refractivity contribution in [1.29, 1.82) is 0 Å². The van der Waals surface area contributed by atoms with E-state index in [9.17, 15) is 18.8 Å². The number of anilines is 2. The van der Waals surface area contributed by atoms with Gasteiger partial charge in [0.05, 0.1) is 12.3 Å². The number of halogens is 1. The molecule has 3 amide bonds. The summed E-state index contributed by atoms with van der Waals surface area (Å²) < 4.78 is 19.4. The number of morpholine rings is 1. The van der Waals surface area contributed by atoms with Crippen molar-refractivity contribution in [3.8, 4) is 0 Å². The van der Waals surface area contributed by atoms with Crippen LogP contribution >= 0.6 is 0 Å². The smallest absolute Gasteiger partial charge is 0.253 e. The molecule has 4 N–H and O–H groups in total. The summed E-state index contributed by atoms with van der Waals surface area (Å²) in [6.07, 6.45) is 2.10. The summed E-state index contributed by atoms with van der Waals surface area (Å²) >= 11 is 0. The zero-order valence-corrected chi connectivity index (χ0v) is 14.2. The minimum atomic E-state index is -1.23. The number of hydrogen-bond acceptors (Lipinski definition) is 5. The van der Waals surface area contributed by atoms with E-state index in [4.69, 9.17) is 10.5 Å². The molecule has 8 nitrogen and oxygen atoms in total. The highest BCUT2D eigenvalue weighted by molar-refractivity contribution is 6.09. The van der Waals surface area contributed by atoms with Gasteiger partial charge in [-0.2, -0.15) is 0 Å². The van der Waals surface area contributed by atoms with Crippen LogP contribution in [0, 0.1) is 11.7 Å². The molecule has 1 atom stereocenters. The Morgan fingerprint density at radius 1 is 1.38 bits per heavy atom. The van der Waals surface area contributed by atoms with Crippen LogP contribution in [0.4, 0.5) is 15.8 Å². The highest BCUT2D eigenvalue weighted by Crippen LogP contribution is 2.28. The summed E-state index contributed by atoms with van der Waals surface area (Å²) in [7, 11) is 0. The standard InChI is InChI=1S/C17H21FN4O4/c18-12-7-11(22-5-6-26-9-14(22)23)3-4-13(12)21-17(25)15(16(19)24)20-8-10-1-2-10/h3-4,7,10,15,20H,1-2,5-6,8-9H2,(H2,19,24)(H,21,25)/t15-/m1/s1. The minimum Gasteiger partial charge on any atom is -0.370 e. The summed E-state index contributed by atoms with van der Waals surface area (Å²) in [6, 6.07) is 2.81. The Labute approximate surface area is 149 Å². The van der Waals surface area contributed by atoms with E-state index in [1.807, 2.05) is 0 Å². The third kappa shape index (κ3) is 4.36. The molecule has 9 heteroatoms. The molecule has 2 aliphatic rings. The second-order valence-electron chi connectivity index (χ2n) is 6.44. The zero-order chi connectivity index (χ0) is 18.7. The van der Waals surface area contributed by atoms with E-state index in [0.717, 1.165) is 18.9 Å². The lowest BCUT2D eigenvalue weighted by Gasteiger charge is -2.27. The molecule has 0 bridgehead atoms. The van der Waals surface area contributed by atoms with Crippen molar-refractivity contribution in [2.45, 2.75) is 18.9 Å². The van der Waals surface area contributed by atoms with E-state index in [1.54, 1.807) is 0 Å². The summed E-state index contributed by atoms with van der Waals surface area (Å²) in [5.41, 5.74) is 5.56. The topological polar surface area (TPSA) is 114 Å². The van der Waals surface area contributed by atoms with Crippen molar-refractivity contribution >= 4 is 29.1 Å². The number of nitrogens with zero attached hydrogens (tertiary/aromatic N) is 1. The largest absolute Gasteiger partial charge is 0.370 e. The number of hydrogen-bond donors (Lipinski definition) is 3. The first kappa shape index (κ1) is 18.3. The second-order valence-corrected chi connectivity index (χ2v) is 6.44. The van der Waals surface area contributed by atoms with Crippen LogP contribution in [-0.2, 0) is 19.1 Å². The van der Waals surface area contributed by atoms with Gasteiger partial charge in [0, 0.05) is 12.2 Å². The maximum Gasteiger partial charge on any atom is 0.253 e. The SMILES string of the molecule is NC(=O)[C@@H](NCC1CC1)C(=O)Nc1ccc(N2CCOCC2=O)cc1F. The van der Waals surface area contributed by atoms with E-state index < -0.39 is 23.7 Å². The predicted molar refractivity (Wildman–Crippen MR) is 91.9 cm³/mol. The van der Waals surface area contributed by atoms with Crippen LogP contribution in [0.15, 0.2) is 18.2 Å². The molecule has 0 aromatic heterocycles. The van der Waals surface area contributed by atoms with E-state index in [2.05, 4.69) is 10.6 Å². The molecule has 2 fully saturated rings. The van der Waals surface area contributed by atoms with Crippen molar-refractivity contribution in [2.75, 3.05) is 36.5 Å². The first-order chi connectivity index (χ1) is 12.5. The Morgan fingerprint density at radius 2 is 2.15 bits per heavy atom. The third-order valence-electron chi connectivity index (χ3n) is 4.36. The zero-order valence-electron chi connectivity index (χ0n) is 14.2. The Morgan fingerprint density at radius 3 is 2.77 bits per heavy atom. The van der Waals surface area contributed by atoms with Crippen LogP contribution < -0.4 is 21.3 Å². The van der Waals surface area contributed by atoms with Crippen molar-refractivity contribution in [1.82, 2.24) is 5.32 Å². The third-order valence-corrected chi connectivity index (χ3v) is 4.36. The van der Waals surface area contributed by atoms with Gasteiger partial charge in [-0.15, -0.1) is 0 Å². The molecule has 26 heavy (non-hydrogen) atoms. The van der Waals surface area contributed by atoms with Crippen LogP contribution in [0.1, 0.15) is 12.8 Å². The second kappa shape index (κ2) is 7.79. The molecule has 1 aliphatic heterocycles. The van der Waals surface area contributed by atoms with Gasteiger partial charge in [-0.3, -0.25) is 19.7 Å². The number of amides is 3. The van der Waals surface area contributed by atoms with Gasteiger partial charge in [0.15, 0.2) is 6.04 Å². The van der Waals surface area contributed by atoms with Gasteiger partial charge in [0.25, 0.3) is 11.8 Å². The van der Waals surface area contributed by atoms with E-state index in [1.165, 1.54) is 17.0 Å². The van der Waals surface area contributed by atoms with Gasteiger partial charge in [-0.1, -0.05) is 0 Å². The molecule has 1 saturated heterocycles. The van der Waals surface area contributed by atoms with Gasteiger partial charge >= 0.3 is 0 Å². The lowest BCUT2D eigenvalue weighted by atomic mass is 10.2. The number of rotatable bonds is 7. The van der Waals surface area contributed by atoms with Crippen LogP contribution in [0.5, 0.6) is 0 Å². The van der Waals surface area contributed by atoms with Crippen LogP contribution in [0.3, 0.4) is 0 Å². The maximum absolute atomic E-state index is 14.4. The summed E-state index contributed by atoms with van der Waals surface area (Å²) in [5, 5.41) is 5.19. The fourth-order valence-corrected chi connectivity index (χ4v) is 2.70. The molecule has 3 rings (SSSR count). The highest BCUT2D eigenvalue weighted by Gasteiger charge is 2.29. The van der Waals surface area contributed by atoms with Crippen LogP contribution in [-0.4, -0.2) is 50.1 Å². The molecule has 1 aromatic rings. The molecule has 1 aromatic carbocycles. The molecule has 1 heterocycles. The Balaban J connectivity index is 1.67. The van der Waals surface area contributed by atoms with E-state index >= 15 is 0 Å². The Bertz CT molecular complexity index is 723. The Hall–Kier alpha value is -2.52. The number of nitrogens with two attached hydrogens (primary N) is 1. The molecule has 1 saturated carbocycles. The van der Waals surface area contributed by atoms with Crippen molar-refractivity contribution in [3.05, 3.63) is 24.0 Å².